The molecule has 9 heteroatoms. The molecule has 0 fully saturated rings. The number of rotatable bonds is 2. The van der Waals surface area contributed by atoms with Gasteiger partial charge in [0, 0.05) is 26.4 Å². The third-order valence-corrected chi connectivity index (χ3v) is 3.48. The van der Waals surface area contributed by atoms with Crippen LogP contribution < -0.4 is 16.6 Å². The second-order valence-electron chi connectivity index (χ2n) is 5.07. The first-order valence-corrected chi connectivity index (χ1v) is 6.79. The van der Waals surface area contributed by atoms with Gasteiger partial charge in [-0.3, -0.25) is 18.7 Å². The Hall–Kier alpha value is -3.23. The number of hydrogen-bond acceptors (Lipinski definition) is 5. The third kappa shape index (κ3) is 2.41. The maximum atomic E-state index is 12.4. The largest absolute Gasteiger partial charge is 0.331 e. The van der Waals surface area contributed by atoms with E-state index in [0.29, 0.717) is 17.2 Å². The van der Waals surface area contributed by atoms with Crippen molar-refractivity contribution < 1.29 is 4.79 Å². The van der Waals surface area contributed by atoms with Gasteiger partial charge in [-0.05, 0) is 19.1 Å². The molecule has 0 aromatic carbocycles. The number of carbonyl (C=O) groups is 1. The summed E-state index contributed by atoms with van der Waals surface area (Å²) in [6, 6.07) is 4.49. The fourth-order valence-electron chi connectivity index (χ4n) is 2.25. The Balaban J connectivity index is 2.05. The molecule has 0 saturated heterocycles. The van der Waals surface area contributed by atoms with Gasteiger partial charge in [-0.25, -0.2) is 14.3 Å². The van der Waals surface area contributed by atoms with Crippen molar-refractivity contribution in [3.8, 4) is 0 Å². The standard InChI is InChI=1S/C14H14N6O3/c1-8-15-12-9(5-4-6-20(12)17-8)16-13(22)10-7-11(21)19(3)14(23)18(10)2/h4-7H,1-3H3,(H,16,22). The molecule has 3 rings (SSSR count). The van der Waals surface area contributed by atoms with Crippen molar-refractivity contribution in [1.29, 1.82) is 0 Å². The molecular weight excluding hydrogens is 300 g/mol. The molecule has 0 radical (unpaired) electrons. The highest BCUT2D eigenvalue weighted by molar-refractivity contribution is 6.04. The van der Waals surface area contributed by atoms with Gasteiger partial charge in [-0.2, -0.15) is 5.10 Å². The van der Waals surface area contributed by atoms with Crippen LogP contribution >= 0.6 is 0 Å². The molecule has 0 saturated carbocycles. The summed E-state index contributed by atoms with van der Waals surface area (Å²) in [6.07, 6.45) is 1.71. The second-order valence-corrected chi connectivity index (χ2v) is 5.07. The van der Waals surface area contributed by atoms with Crippen molar-refractivity contribution in [3.05, 3.63) is 56.8 Å². The van der Waals surface area contributed by atoms with Crippen molar-refractivity contribution in [2.24, 2.45) is 14.1 Å². The van der Waals surface area contributed by atoms with Crippen molar-refractivity contribution in [2.75, 3.05) is 5.32 Å². The average molecular weight is 314 g/mol. The number of aryl methyl sites for hydroxylation is 1. The van der Waals surface area contributed by atoms with Crippen LogP contribution in [0.25, 0.3) is 5.65 Å². The van der Waals surface area contributed by atoms with Gasteiger partial charge in [0.2, 0.25) is 0 Å². The number of nitrogens with one attached hydrogen (secondary N) is 1. The first-order valence-electron chi connectivity index (χ1n) is 6.79. The molecule has 0 unspecified atom stereocenters. The summed E-state index contributed by atoms with van der Waals surface area (Å²) in [6.45, 7) is 1.74. The van der Waals surface area contributed by atoms with Gasteiger partial charge in [-0.15, -0.1) is 0 Å². The summed E-state index contributed by atoms with van der Waals surface area (Å²) in [7, 11) is 2.78. The van der Waals surface area contributed by atoms with Gasteiger partial charge in [0.15, 0.2) is 5.65 Å². The summed E-state index contributed by atoms with van der Waals surface area (Å²) in [5, 5.41) is 6.82. The number of anilines is 1. The molecule has 1 N–H and O–H groups in total. The number of nitrogens with zero attached hydrogens (tertiary/aromatic N) is 5. The normalized spacial score (nSPS) is 10.9. The number of carbonyl (C=O) groups excluding carboxylic acids is 1. The van der Waals surface area contributed by atoms with Gasteiger partial charge in [-0.1, -0.05) is 0 Å². The van der Waals surface area contributed by atoms with Crippen molar-refractivity contribution in [2.45, 2.75) is 6.92 Å². The molecule has 0 bridgehead atoms. The van der Waals surface area contributed by atoms with Crippen LogP contribution in [0.2, 0.25) is 0 Å². The zero-order valence-electron chi connectivity index (χ0n) is 12.8. The Morgan fingerprint density at radius 3 is 2.70 bits per heavy atom. The highest BCUT2D eigenvalue weighted by atomic mass is 16.2. The lowest BCUT2D eigenvalue weighted by atomic mass is 10.3. The van der Waals surface area contributed by atoms with Gasteiger partial charge in [0.1, 0.15) is 11.5 Å². The minimum absolute atomic E-state index is 0.0312. The van der Waals surface area contributed by atoms with Gasteiger partial charge < -0.3 is 5.32 Å². The molecule has 3 heterocycles. The SMILES string of the molecule is Cc1nc2c(NC(=O)c3cc(=O)n(C)c(=O)n3C)cccn2n1. The van der Waals surface area contributed by atoms with E-state index in [1.54, 1.807) is 25.3 Å². The molecule has 118 valence electrons. The van der Waals surface area contributed by atoms with Crippen LogP contribution in [0, 0.1) is 6.92 Å². The Kier molecular flexibility index (Phi) is 3.32. The van der Waals surface area contributed by atoms with E-state index in [2.05, 4.69) is 15.4 Å². The van der Waals surface area contributed by atoms with Crippen LogP contribution in [0.3, 0.4) is 0 Å². The second kappa shape index (κ2) is 5.20. The zero-order valence-corrected chi connectivity index (χ0v) is 12.8. The van der Waals surface area contributed by atoms with E-state index in [4.69, 9.17) is 0 Å². The zero-order chi connectivity index (χ0) is 16.7. The van der Waals surface area contributed by atoms with Gasteiger partial charge in [0.05, 0.1) is 5.69 Å². The summed E-state index contributed by atoms with van der Waals surface area (Å²) in [5.41, 5.74) is -0.233. The maximum Gasteiger partial charge on any atom is 0.331 e. The molecule has 3 aromatic heterocycles. The van der Waals surface area contributed by atoms with E-state index in [-0.39, 0.29) is 5.69 Å². The first-order chi connectivity index (χ1) is 10.9. The summed E-state index contributed by atoms with van der Waals surface area (Å²) < 4.78 is 3.58. The number of pyridine rings is 1. The van der Waals surface area contributed by atoms with E-state index >= 15 is 0 Å². The predicted molar refractivity (Wildman–Crippen MR) is 82.6 cm³/mol. The lowest BCUT2D eigenvalue weighted by Gasteiger charge is -2.10. The monoisotopic (exact) mass is 314 g/mol. The third-order valence-electron chi connectivity index (χ3n) is 3.48. The Morgan fingerprint density at radius 1 is 1.22 bits per heavy atom. The molecule has 23 heavy (non-hydrogen) atoms. The van der Waals surface area contributed by atoms with Crippen LogP contribution in [0.5, 0.6) is 0 Å². The Bertz CT molecular complexity index is 1040. The topological polar surface area (TPSA) is 103 Å². The van der Waals surface area contributed by atoms with E-state index in [9.17, 15) is 14.4 Å². The highest BCUT2D eigenvalue weighted by Crippen LogP contribution is 2.15. The van der Waals surface area contributed by atoms with Crippen molar-refractivity contribution >= 4 is 17.2 Å². The fraction of sp³-hybridized carbons (Fsp3) is 0.214. The molecule has 3 aromatic rings. The van der Waals surface area contributed by atoms with Crippen LogP contribution in [0.1, 0.15) is 16.3 Å². The van der Waals surface area contributed by atoms with E-state index in [0.717, 1.165) is 15.2 Å². The Labute approximate surface area is 129 Å². The summed E-state index contributed by atoms with van der Waals surface area (Å²) >= 11 is 0. The van der Waals surface area contributed by atoms with Crippen LogP contribution in [0.15, 0.2) is 34.0 Å². The van der Waals surface area contributed by atoms with Crippen LogP contribution in [-0.2, 0) is 14.1 Å². The number of amides is 1. The lowest BCUT2D eigenvalue weighted by molar-refractivity contribution is 0.101. The number of fused-ring (bicyclic) bond motifs is 1. The van der Waals surface area contributed by atoms with Gasteiger partial charge >= 0.3 is 5.69 Å². The van der Waals surface area contributed by atoms with Crippen molar-refractivity contribution in [3.63, 3.8) is 0 Å². The summed E-state index contributed by atoms with van der Waals surface area (Å²) in [4.78, 5) is 40.3. The molecule has 0 aliphatic carbocycles. The van der Waals surface area contributed by atoms with E-state index in [1.807, 2.05) is 0 Å². The maximum absolute atomic E-state index is 12.4. The molecule has 9 nitrogen and oxygen atoms in total. The Morgan fingerprint density at radius 2 is 1.96 bits per heavy atom. The minimum atomic E-state index is -0.573. The predicted octanol–water partition coefficient (Wildman–Crippen LogP) is -0.313. The lowest BCUT2D eigenvalue weighted by Crippen LogP contribution is -2.40. The van der Waals surface area contributed by atoms with Gasteiger partial charge in [0.25, 0.3) is 11.5 Å². The first kappa shape index (κ1) is 14.7. The van der Waals surface area contributed by atoms with E-state index in [1.165, 1.54) is 18.6 Å². The smallest absolute Gasteiger partial charge is 0.317 e. The van der Waals surface area contributed by atoms with Crippen molar-refractivity contribution in [1.82, 2.24) is 23.7 Å². The molecule has 1 amide bonds. The summed E-state index contributed by atoms with van der Waals surface area (Å²) in [5.74, 6) is -0.0104. The van der Waals surface area contributed by atoms with E-state index < -0.39 is 17.2 Å². The minimum Gasteiger partial charge on any atom is -0.317 e. The fourth-order valence-corrected chi connectivity index (χ4v) is 2.25. The average Bonchev–Trinajstić information content (AvgIpc) is 2.90. The molecule has 0 aliphatic rings. The van der Waals surface area contributed by atoms with Crippen LogP contribution in [0.4, 0.5) is 5.69 Å². The molecule has 0 aliphatic heterocycles. The molecule has 0 spiro atoms. The highest BCUT2D eigenvalue weighted by Gasteiger charge is 2.15. The molecule has 0 atom stereocenters. The van der Waals surface area contributed by atoms with Crippen LogP contribution in [-0.4, -0.2) is 29.6 Å². The molecular formula is C14H14N6O3. The number of hydrogen-bond donors (Lipinski definition) is 1. The number of aromatic nitrogens is 5. The quantitative estimate of drug-likeness (QED) is 0.698.